The van der Waals surface area contributed by atoms with Crippen LogP contribution < -0.4 is 0 Å². The number of aliphatic hydroxyl groups excluding tert-OH is 1. The van der Waals surface area contributed by atoms with Crippen LogP contribution in [-0.4, -0.2) is 24.7 Å². The molecule has 4 heteroatoms. The molecule has 1 unspecified atom stereocenters. The highest BCUT2D eigenvalue weighted by molar-refractivity contribution is 5.88. The third kappa shape index (κ3) is 3.52. The summed E-state index contributed by atoms with van der Waals surface area (Å²) < 4.78 is 28.7. The van der Waals surface area contributed by atoms with E-state index in [2.05, 4.69) is 0 Å². The summed E-state index contributed by atoms with van der Waals surface area (Å²) in [6.45, 7) is 1.55. The van der Waals surface area contributed by atoms with E-state index in [9.17, 15) is 13.9 Å². The van der Waals surface area contributed by atoms with Crippen LogP contribution in [0.25, 0.3) is 10.8 Å². The van der Waals surface area contributed by atoms with Gasteiger partial charge in [-0.05, 0) is 28.8 Å². The lowest BCUT2D eigenvalue weighted by atomic mass is 9.96. The number of halogens is 2. The molecule has 0 saturated carbocycles. The summed E-state index contributed by atoms with van der Waals surface area (Å²) in [5.74, 6) is 0. The number of benzene rings is 2. The van der Waals surface area contributed by atoms with Crippen molar-refractivity contribution in [2.24, 2.45) is 0 Å². The molecular weight excluding hydrogens is 262 g/mol. The van der Waals surface area contributed by atoms with Crippen molar-refractivity contribution < 1.29 is 18.6 Å². The van der Waals surface area contributed by atoms with Crippen molar-refractivity contribution in [2.75, 3.05) is 13.2 Å². The van der Waals surface area contributed by atoms with E-state index in [0.29, 0.717) is 6.42 Å². The number of aryl methyl sites for hydroxylation is 1. The fraction of sp³-hybridized carbons (Fsp3) is 0.375. The Morgan fingerprint density at radius 3 is 2.50 bits per heavy atom. The highest BCUT2D eigenvalue weighted by Gasteiger charge is 2.12. The predicted molar refractivity (Wildman–Crippen MR) is 75.1 cm³/mol. The highest BCUT2D eigenvalue weighted by atomic mass is 19.3. The zero-order chi connectivity index (χ0) is 14.5. The van der Waals surface area contributed by atoms with Gasteiger partial charge in [0.25, 0.3) is 6.43 Å². The molecule has 2 aromatic carbocycles. The van der Waals surface area contributed by atoms with Gasteiger partial charge in [0, 0.05) is 13.0 Å². The van der Waals surface area contributed by atoms with Crippen molar-refractivity contribution in [1.82, 2.24) is 0 Å². The zero-order valence-corrected chi connectivity index (χ0v) is 11.4. The van der Waals surface area contributed by atoms with Crippen molar-refractivity contribution in [2.45, 2.75) is 25.9 Å². The quantitative estimate of drug-likeness (QED) is 0.814. The summed E-state index contributed by atoms with van der Waals surface area (Å²) in [7, 11) is 0. The number of hydrogen-bond acceptors (Lipinski definition) is 2. The first-order valence-corrected chi connectivity index (χ1v) is 6.62. The van der Waals surface area contributed by atoms with Crippen molar-refractivity contribution >= 4 is 10.8 Å². The molecule has 0 aliphatic rings. The Balaban J connectivity index is 2.10. The Labute approximate surface area is 117 Å². The van der Waals surface area contributed by atoms with Crippen LogP contribution in [0.1, 0.15) is 23.7 Å². The monoisotopic (exact) mass is 280 g/mol. The SMILES string of the molecule is Cc1ccc(C(O)CCOCC(F)F)c2ccccc12. The molecule has 0 amide bonds. The third-order valence-electron chi connectivity index (χ3n) is 3.31. The smallest absolute Gasteiger partial charge is 0.261 e. The number of aliphatic hydroxyl groups is 1. The minimum Gasteiger partial charge on any atom is -0.388 e. The molecule has 0 radical (unpaired) electrons. The first kappa shape index (κ1) is 14.9. The lowest BCUT2D eigenvalue weighted by molar-refractivity contribution is 0.00495. The van der Waals surface area contributed by atoms with E-state index in [-0.39, 0.29) is 6.61 Å². The molecule has 0 heterocycles. The lowest BCUT2D eigenvalue weighted by Gasteiger charge is -2.15. The second-order valence-electron chi connectivity index (χ2n) is 4.79. The van der Waals surface area contributed by atoms with E-state index in [1.807, 2.05) is 43.3 Å². The number of alkyl halides is 2. The van der Waals surface area contributed by atoms with Crippen LogP contribution in [0, 0.1) is 6.92 Å². The van der Waals surface area contributed by atoms with Gasteiger partial charge < -0.3 is 9.84 Å². The van der Waals surface area contributed by atoms with Crippen molar-refractivity contribution in [3.05, 3.63) is 47.5 Å². The number of hydrogen-bond donors (Lipinski definition) is 1. The van der Waals surface area contributed by atoms with Crippen LogP contribution in [0.2, 0.25) is 0 Å². The fourth-order valence-corrected chi connectivity index (χ4v) is 2.29. The number of ether oxygens (including phenoxy) is 1. The summed E-state index contributed by atoms with van der Waals surface area (Å²) in [4.78, 5) is 0. The Morgan fingerprint density at radius 1 is 1.10 bits per heavy atom. The minimum absolute atomic E-state index is 0.119. The van der Waals surface area contributed by atoms with Crippen molar-refractivity contribution in [3.63, 3.8) is 0 Å². The van der Waals surface area contributed by atoms with E-state index in [1.54, 1.807) is 0 Å². The second-order valence-corrected chi connectivity index (χ2v) is 4.79. The molecule has 0 aliphatic heterocycles. The molecule has 0 fully saturated rings. The molecule has 108 valence electrons. The maximum Gasteiger partial charge on any atom is 0.261 e. The largest absolute Gasteiger partial charge is 0.388 e. The van der Waals surface area contributed by atoms with Gasteiger partial charge in [-0.25, -0.2) is 8.78 Å². The molecule has 0 aromatic heterocycles. The zero-order valence-electron chi connectivity index (χ0n) is 11.4. The summed E-state index contributed by atoms with van der Waals surface area (Å²) in [6, 6.07) is 11.7. The summed E-state index contributed by atoms with van der Waals surface area (Å²) in [5.41, 5.74) is 1.96. The average molecular weight is 280 g/mol. The highest BCUT2D eigenvalue weighted by Crippen LogP contribution is 2.28. The first-order valence-electron chi connectivity index (χ1n) is 6.62. The van der Waals surface area contributed by atoms with Gasteiger partial charge >= 0.3 is 0 Å². The molecule has 1 N–H and O–H groups in total. The molecule has 0 saturated heterocycles. The van der Waals surface area contributed by atoms with Gasteiger partial charge in [0.2, 0.25) is 0 Å². The molecule has 2 nitrogen and oxygen atoms in total. The fourth-order valence-electron chi connectivity index (χ4n) is 2.29. The van der Waals surface area contributed by atoms with Gasteiger partial charge in [-0.1, -0.05) is 36.4 Å². The average Bonchev–Trinajstić information content (AvgIpc) is 2.44. The van der Waals surface area contributed by atoms with Crippen molar-refractivity contribution in [1.29, 1.82) is 0 Å². The Bertz CT molecular complexity index is 569. The molecule has 2 aromatic rings. The molecule has 0 spiro atoms. The molecule has 0 bridgehead atoms. The minimum atomic E-state index is -2.47. The molecule has 0 aliphatic carbocycles. The third-order valence-corrected chi connectivity index (χ3v) is 3.31. The van der Waals surface area contributed by atoms with Crippen LogP contribution >= 0.6 is 0 Å². The number of rotatable bonds is 6. The molecule has 20 heavy (non-hydrogen) atoms. The Kier molecular flexibility index (Phi) is 5.04. The van der Waals surface area contributed by atoms with Crippen LogP contribution in [0.5, 0.6) is 0 Å². The van der Waals surface area contributed by atoms with Gasteiger partial charge in [-0.2, -0.15) is 0 Å². The lowest BCUT2D eigenvalue weighted by Crippen LogP contribution is -2.09. The van der Waals surface area contributed by atoms with Gasteiger partial charge in [0.1, 0.15) is 6.61 Å². The van der Waals surface area contributed by atoms with E-state index < -0.39 is 19.1 Å². The first-order chi connectivity index (χ1) is 9.59. The van der Waals surface area contributed by atoms with E-state index in [1.165, 1.54) is 0 Å². The normalized spacial score (nSPS) is 13.1. The molecule has 1 atom stereocenters. The van der Waals surface area contributed by atoms with E-state index >= 15 is 0 Å². The maximum absolute atomic E-state index is 11.9. The van der Waals surface area contributed by atoms with Gasteiger partial charge in [-0.15, -0.1) is 0 Å². The van der Waals surface area contributed by atoms with Gasteiger partial charge in [-0.3, -0.25) is 0 Å². The standard InChI is InChI=1S/C16H18F2O2/c1-11-6-7-14(13-5-3-2-4-12(11)13)15(19)8-9-20-10-16(17)18/h2-7,15-16,19H,8-10H2,1H3. The summed E-state index contributed by atoms with van der Waals surface area (Å²) in [5, 5.41) is 12.3. The predicted octanol–water partition coefficient (Wildman–Crippen LogP) is 3.85. The van der Waals surface area contributed by atoms with E-state index in [0.717, 1.165) is 21.9 Å². The topological polar surface area (TPSA) is 29.5 Å². The van der Waals surface area contributed by atoms with Crippen LogP contribution in [0.3, 0.4) is 0 Å². The van der Waals surface area contributed by atoms with Gasteiger partial charge in [0.05, 0.1) is 6.10 Å². The van der Waals surface area contributed by atoms with Gasteiger partial charge in [0.15, 0.2) is 0 Å². The Morgan fingerprint density at radius 2 is 1.80 bits per heavy atom. The maximum atomic E-state index is 11.9. The van der Waals surface area contributed by atoms with Crippen LogP contribution in [-0.2, 0) is 4.74 Å². The Hall–Kier alpha value is -1.52. The summed E-state index contributed by atoms with van der Waals surface area (Å²) in [6.07, 6.45) is -2.87. The molecule has 2 rings (SSSR count). The van der Waals surface area contributed by atoms with Crippen molar-refractivity contribution in [3.8, 4) is 0 Å². The molecular formula is C16H18F2O2. The van der Waals surface area contributed by atoms with Crippen LogP contribution in [0.4, 0.5) is 8.78 Å². The second kappa shape index (κ2) is 6.77. The van der Waals surface area contributed by atoms with Crippen LogP contribution in [0.15, 0.2) is 36.4 Å². The van der Waals surface area contributed by atoms with E-state index in [4.69, 9.17) is 4.74 Å². The number of fused-ring (bicyclic) bond motifs is 1. The summed E-state index contributed by atoms with van der Waals surface area (Å²) >= 11 is 0.